The number of nitrogens with zero attached hydrogens (tertiary/aromatic N) is 14. The van der Waals surface area contributed by atoms with Crippen LogP contribution in [0.15, 0.2) is 103 Å². The lowest BCUT2D eigenvalue weighted by Gasteiger charge is -2.28. The van der Waals surface area contributed by atoms with E-state index in [0.717, 1.165) is 31.6 Å². The first-order valence-corrected chi connectivity index (χ1v) is 25.9. The normalized spacial score (nSPS) is 13.8. The van der Waals surface area contributed by atoms with Crippen molar-refractivity contribution in [3.8, 4) is 22.5 Å². The van der Waals surface area contributed by atoms with E-state index in [-0.39, 0.29) is 13.1 Å². The van der Waals surface area contributed by atoms with E-state index in [4.69, 9.17) is 65.2 Å². The maximum atomic E-state index is 13.6. The molecule has 2 amide bonds. The third kappa shape index (κ3) is 13.9. The monoisotopic (exact) mass is 1130 g/mol. The molecule has 0 radical (unpaired) electrons. The molecule has 2 aromatic carbocycles. The minimum absolute atomic E-state index is 0.101. The lowest BCUT2D eigenvalue weighted by molar-refractivity contribution is -0.160. The van der Waals surface area contributed by atoms with Crippen LogP contribution in [0.3, 0.4) is 0 Å². The summed E-state index contributed by atoms with van der Waals surface area (Å²) in [6.45, 7) is 12.9. The number of carbonyl (C=O) groups is 2. The molecular weight excluding hydrogens is 1080 g/mol. The van der Waals surface area contributed by atoms with Crippen LogP contribution < -0.4 is 14.7 Å². The van der Waals surface area contributed by atoms with Crippen LogP contribution in [0.1, 0.15) is 59.1 Å². The second kappa shape index (κ2) is 23.9. The summed E-state index contributed by atoms with van der Waals surface area (Å²) in [5.41, 5.74) is 3.45. The van der Waals surface area contributed by atoms with Crippen molar-refractivity contribution in [3.63, 3.8) is 0 Å². The molecule has 76 heavy (non-hydrogen) atoms. The van der Waals surface area contributed by atoms with Crippen LogP contribution in [0.5, 0.6) is 0 Å². The van der Waals surface area contributed by atoms with Gasteiger partial charge in [-0.2, -0.15) is 23.6 Å². The van der Waals surface area contributed by atoms with E-state index in [9.17, 15) is 9.59 Å². The molecule has 398 valence electrons. The van der Waals surface area contributed by atoms with Crippen LogP contribution in [-0.4, -0.2) is 118 Å². The van der Waals surface area contributed by atoms with Crippen LogP contribution in [0.25, 0.3) is 33.8 Å². The van der Waals surface area contributed by atoms with E-state index in [0.29, 0.717) is 93.8 Å². The highest BCUT2D eigenvalue weighted by Gasteiger charge is 2.30. The average molecular weight is 1130 g/mol. The van der Waals surface area contributed by atoms with Crippen LogP contribution in [0, 0.1) is 0 Å². The van der Waals surface area contributed by atoms with Crippen LogP contribution in [0.2, 0.25) is 20.1 Å². The summed E-state index contributed by atoms with van der Waals surface area (Å²) in [6.07, 6.45) is 9.88. The average Bonchev–Trinajstić information content (AvgIpc) is 4.18. The number of carbonyl (C=O) groups excluding carboxylic acids is 2. The molecule has 1 saturated heterocycles. The van der Waals surface area contributed by atoms with Gasteiger partial charge in [-0.3, -0.25) is 9.80 Å². The van der Waals surface area contributed by atoms with Crippen molar-refractivity contribution in [2.75, 3.05) is 49.0 Å². The Morgan fingerprint density at radius 3 is 1.54 bits per heavy atom. The van der Waals surface area contributed by atoms with Gasteiger partial charge in [0, 0.05) is 99.4 Å². The number of likely N-dealkylation sites (N-methyl/N-ethyl adjacent to an activating group) is 1. The predicted molar refractivity (Wildman–Crippen MR) is 294 cm³/mol. The van der Waals surface area contributed by atoms with Crippen molar-refractivity contribution in [2.45, 2.75) is 83.5 Å². The van der Waals surface area contributed by atoms with Gasteiger partial charge < -0.3 is 19.3 Å². The molecular formula is C51H54Cl4N14O6S. The fraction of sp³-hybridized carbons (Fsp3) is 0.333. The van der Waals surface area contributed by atoms with E-state index in [1.165, 1.54) is 16.9 Å². The smallest absolute Gasteiger partial charge is 0.416 e. The molecule has 0 spiro atoms. The minimum Gasteiger partial charge on any atom is -0.443 e. The fourth-order valence-electron chi connectivity index (χ4n) is 7.74. The predicted octanol–water partition coefficient (Wildman–Crippen LogP) is 11.6. The molecule has 1 atom stereocenters. The maximum Gasteiger partial charge on any atom is 0.416 e. The van der Waals surface area contributed by atoms with Gasteiger partial charge in [0.2, 0.25) is 11.1 Å². The van der Waals surface area contributed by atoms with Gasteiger partial charge in [-0.1, -0.05) is 58.5 Å². The van der Waals surface area contributed by atoms with Crippen molar-refractivity contribution in [1.82, 2.24) is 54.0 Å². The number of aromatic nitrogens is 10. The van der Waals surface area contributed by atoms with Crippen molar-refractivity contribution in [1.29, 1.82) is 0 Å². The van der Waals surface area contributed by atoms with Crippen LogP contribution in [-0.2, 0) is 31.8 Å². The second-order valence-electron chi connectivity index (χ2n) is 19.5. The van der Waals surface area contributed by atoms with Gasteiger partial charge in [0.1, 0.15) is 34.9 Å². The van der Waals surface area contributed by atoms with E-state index in [1.54, 1.807) is 128 Å². The van der Waals surface area contributed by atoms with Gasteiger partial charge in [-0.25, -0.2) is 44.4 Å². The zero-order chi connectivity index (χ0) is 54.5. The fourth-order valence-corrected chi connectivity index (χ4v) is 9.00. The molecule has 25 heteroatoms. The Labute approximate surface area is 463 Å². The SMILES string of the molecule is CN(C)C1CCN(c2ncc(-c3cc(N(Cc4ccc(Cl)cc4Cl)C(=O)OC(C)(C)C)n4nccc4n3)cn2)C1.COOSc1ncc(-c2cc(N(Cc3ccc(Cl)cc3Cl)C(=O)OC(C)(C)C)n3nccc3n2)cn1. The zero-order valence-electron chi connectivity index (χ0n) is 43.0. The van der Waals surface area contributed by atoms with Crippen LogP contribution in [0.4, 0.5) is 27.2 Å². The number of hydrogen-bond acceptors (Lipinski definition) is 17. The number of halogens is 4. The van der Waals surface area contributed by atoms with Gasteiger partial charge in [0.05, 0.1) is 44.0 Å². The maximum absolute atomic E-state index is 13.6. The highest BCUT2D eigenvalue weighted by atomic mass is 35.5. The van der Waals surface area contributed by atoms with Gasteiger partial charge in [-0.15, -0.1) is 0 Å². The molecule has 0 aliphatic carbocycles. The summed E-state index contributed by atoms with van der Waals surface area (Å²) in [7, 11) is 5.58. The summed E-state index contributed by atoms with van der Waals surface area (Å²) in [6, 6.07) is 17.7. The quantitative estimate of drug-likeness (QED) is 0.0457. The molecule has 1 aliphatic rings. The summed E-state index contributed by atoms with van der Waals surface area (Å²) in [5, 5.41) is 11.0. The summed E-state index contributed by atoms with van der Waals surface area (Å²) >= 11 is 26.0. The minimum atomic E-state index is -0.732. The third-order valence-electron chi connectivity index (χ3n) is 11.4. The second-order valence-corrected chi connectivity index (χ2v) is 21.9. The van der Waals surface area contributed by atoms with E-state index in [1.807, 2.05) is 20.8 Å². The van der Waals surface area contributed by atoms with Gasteiger partial charge >= 0.3 is 12.2 Å². The van der Waals surface area contributed by atoms with Gasteiger partial charge in [0.25, 0.3) is 0 Å². The Kier molecular flexibility index (Phi) is 17.5. The van der Waals surface area contributed by atoms with Crippen molar-refractivity contribution < 1.29 is 28.3 Å². The highest BCUT2D eigenvalue weighted by Crippen LogP contribution is 2.32. The standard InChI is InChI=1S/C28H32Cl2N8O2.C23H22Cl2N6O4S/c1-28(2,3)40-27(39)37(16-18-6-7-20(29)12-22(18)30)25-13-23(34-24-8-10-33-38(24)25)19-14-31-26(32-15-19)36-11-9-21(17-36)35(4)5;1-23(2,3)34-22(32)30(13-14-5-6-16(24)9-17(14)25)20-10-18(29-19-7-8-28-31(19)20)15-11-26-21(27-12-15)36-35-33-4/h6-8,10,12-15,21H,9,11,16-17H2,1-5H3;5-12H,13H2,1-4H3. The Morgan fingerprint density at radius 2 is 1.13 bits per heavy atom. The van der Waals surface area contributed by atoms with E-state index in [2.05, 4.69) is 63.9 Å². The Hall–Kier alpha value is -6.43. The lowest BCUT2D eigenvalue weighted by atomic mass is 10.2. The first kappa shape index (κ1) is 55.8. The topological polar surface area (TPSA) is 196 Å². The highest BCUT2D eigenvalue weighted by molar-refractivity contribution is 7.94. The number of amides is 2. The summed E-state index contributed by atoms with van der Waals surface area (Å²) < 4.78 is 19.4. The number of benzene rings is 2. The first-order valence-electron chi connectivity index (χ1n) is 23.6. The molecule has 6 aromatic heterocycles. The molecule has 1 unspecified atom stereocenters. The molecule has 0 bridgehead atoms. The molecule has 20 nitrogen and oxygen atoms in total. The Bertz CT molecular complexity index is 3340. The van der Waals surface area contributed by atoms with E-state index >= 15 is 0 Å². The Balaban J connectivity index is 0.000000203. The largest absolute Gasteiger partial charge is 0.443 e. The van der Waals surface area contributed by atoms with Gasteiger partial charge in [0.15, 0.2) is 11.3 Å². The molecule has 1 fully saturated rings. The number of rotatable bonds is 13. The summed E-state index contributed by atoms with van der Waals surface area (Å²) in [4.78, 5) is 66.1. The number of hydrogen-bond donors (Lipinski definition) is 0. The third-order valence-corrected chi connectivity index (χ3v) is 13.1. The summed E-state index contributed by atoms with van der Waals surface area (Å²) in [5.74, 6) is 1.57. The Morgan fingerprint density at radius 1 is 0.671 bits per heavy atom. The van der Waals surface area contributed by atoms with Crippen LogP contribution >= 0.6 is 58.4 Å². The van der Waals surface area contributed by atoms with Gasteiger partial charge in [-0.05, 0) is 97.5 Å². The number of ether oxygens (including phenoxy) is 2. The van der Waals surface area contributed by atoms with Crippen molar-refractivity contribution >= 4 is 99.5 Å². The molecule has 0 saturated carbocycles. The molecule has 0 N–H and O–H groups in total. The molecule has 8 aromatic rings. The molecule has 9 rings (SSSR count). The number of anilines is 3. The zero-order valence-corrected chi connectivity index (χ0v) is 46.8. The first-order chi connectivity index (χ1) is 36.1. The van der Waals surface area contributed by atoms with Crippen molar-refractivity contribution in [3.05, 3.63) is 129 Å². The van der Waals surface area contributed by atoms with E-state index < -0.39 is 23.4 Å². The number of fused-ring (bicyclic) bond motifs is 2. The lowest BCUT2D eigenvalue weighted by Crippen LogP contribution is -2.37. The molecule has 1 aliphatic heterocycles. The molecule has 7 heterocycles. The van der Waals surface area contributed by atoms with Crippen molar-refractivity contribution in [2.24, 2.45) is 0 Å².